The molecule has 0 aliphatic heterocycles. The first kappa shape index (κ1) is 26.1. The molecule has 1 heteroatoms. The van der Waals surface area contributed by atoms with Gasteiger partial charge in [-0.3, -0.25) is 0 Å². The van der Waals surface area contributed by atoms with Crippen molar-refractivity contribution in [3.05, 3.63) is 170 Å². The van der Waals surface area contributed by atoms with E-state index in [-0.39, 0.29) is 0 Å². The molecule has 0 atom stereocenters. The van der Waals surface area contributed by atoms with E-state index in [4.69, 9.17) is 4.42 Å². The van der Waals surface area contributed by atoms with Gasteiger partial charge in [0.15, 0.2) is 0 Å². The average Bonchev–Trinajstić information content (AvgIpc) is 3.53. The molecule has 1 heterocycles. The second-order valence-corrected chi connectivity index (χ2v) is 12.4. The van der Waals surface area contributed by atoms with Gasteiger partial charge in [-0.1, -0.05) is 146 Å². The van der Waals surface area contributed by atoms with E-state index in [0.29, 0.717) is 0 Å². The van der Waals surface area contributed by atoms with Gasteiger partial charge >= 0.3 is 0 Å². The van der Waals surface area contributed by atoms with Gasteiger partial charge in [-0.2, -0.15) is 0 Å². The third-order valence-electron chi connectivity index (χ3n) is 9.82. The number of benzene rings is 9. The zero-order valence-electron chi connectivity index (χ0n) is 25.6. The lowest BCUT2D eigenvalue weighted by Gasteiger charge is -2.20. The van der Waals surface area contributed by atoms with E-state index in [1.807, 2.05) is 0 Å². The van der Waals surface area contributed by atoms with Gasteiger partial charge in [0.05, 0.1) is 0 Å². The molecule has 0 radical (unpaired) electrons. The maximum Gasteiger partial charge on any atom is 0.136 e. The van der Waals surface area contributed by atoms with Gasteiger partial charge in [0.25, 0.3) is 0 Å². The van der Waals surface area contributed by atoms with Crippen LogP contribution in [0.25, 0.3) is 98.8 Å². The van der Waals surface area contributed by atoms with Crippen LogP contribution in [0.4, 0.5) is 0 Å². The Hall–Kier alpha value is -6.18. The van der Waals surface area contributed by atoms with Crippen molar-refractivity contribution in [3.63, 3.8) is 0 Å². The standard InChI is InChI=1S/C46H28O/c1-3-13-29(14-4-1)39-27-31(40-28-32-17-11-23-41-44(32)46-37(40)22-12-24-42(46)47-41)25-26-38(39)45-35-20-9-7-18-33(35)43(30-15-5-2-6-16-30)34-19-8-10-21-36(34)45/h1-28H. The highest BCUT2D eigenvalue weighted by Crippen LogP contribution is 2.48. The second-order valence-electron chi connectivity index (χ2n) is 12.4. The van der Waals surface area contributed by atoms with Crippen molar-refractivity contribution >= 4 is 54.3 Å². The van der Waals surface area contributed by atoms with Gasteiger partial charge in [-0.25, -0.2) is 0 Å². The number of rotatable bonds is 4. The van der Waals surface area contributed by atoms with Crippen LogP contribution in [0, 0.1) is 0 Å². The van der Waals surface area contributed by atoms with E-state index in [1.165, 1.54) is 87.6 Å². The lowest BCUT2D eigenvalue weighted by molar-refractivity contribution is 0.669. The highest BCUT2D eigenvalue weighted by atomic mass is 16.3. The summed E-state index contributed by atoms with van der Waals surface area (Å²) in [4.78, 5) is 0. The van der Waals surface area contributed by atoms with Crippen LogP contribution in [0.3, 0.4) is 0 Å². The van der Waals surface area contributed by atoms with Crippen LogP contribution in [0.5, 0.6) is 0 Å². The molecule has 0 unspecified atom stereocenters. The summed E-state index contributed by atoms with van der Waals surface area (Å²) >= 11 is 0. The highest BCUT2D eigenvalue weighted by molar-refractivity contribution is 6.26. The monoisotopic (exact) mass is 596 g/mol. The predicted octanol–water partition coefficient (Wildman–Crippen LogP) is 13.2. The van der Waals surface area contributed by atoms with Crippen LogP contribution < -0.4 is 0 Å². The lowest BCUT2D eigenvalue weighted by atomic mass is 9.82. The topological polar surface area (TPSA) is 13.1 Å². The van der Waals surface area contributed by atoms with Crippen molar-refractivity contribution in [2.24, 2.45) is 0 Å². The maximum atomic E-state index is 6.30. The summed E-state index contributed by atoms with van der Waals surface area (Å²) in [5.41, 5.74) is 11.7. The summed E-state index contributed by atoms with van der Waals surface area (Å²) < 4.78 is 6.30. The Labute approximate surface area is 272 Å². The molecule has 0 N–H and O–H groups in total. The van der Waals surface area contributed by atoms with Crippen LogP contribution in [0.15, 0.2) is 174 Å². The van der Waals surface area contributed by atoms with Crippen molar-refractivity contribution < 1.29 is 4.42 Å². The maximum absolute atomic E-state index is 6.30. The van der Waals surface area contributed by atoms with Gasteiger partial charge in [0.1, 0.15) is 11.2 Å². The smallest absolute Gasteiger partial charge is 0.136 e. The van der Waals surface area contributed by atoms with Gasteiger partial charge in [-0.15, -0.1) is 0 Å². The summed E-state index contributed by atoms with van der Waals surface area (Å²) in [5, 5.41) is 9.87. The largest absolute Gasteiger partial charge is 0.456 e. The van der Waals surface area contributed by atoms with Crippen molar-refractivity contribution in [2.75, 3.05) is 0 Å². The minimum absolute atomic E-state index is 0.937. The summed E-state index contributed by atoms with van der Waals surface area (Å²) in [6.45, 7) is 0. The predicted molar refractivity (Wildman–Crippen MR) is 199 cm³/mol. The fourth-order valence-electron chi connectivity index (χ4n) is 7.83. The Morgan fingerprint density at radius 2 is 0.851 bits per heavy atom. The first-order valence-electron chi connectivity index (χ1n) is 16.2. The fourth-order valence-corrected chi connectivity index (χ4v) is 7.83. The average molecular weight is 597 g/mol. The fraction of sp³-hybridized carbons (Fsp3) is 0. The van der Waals surface area contributed by atoms with Crippen LogP contribution in [0.1, 0.15) is 0 Å². The van der Waals surface area contributed by atoms with Crippen molar-refractivity contribution in [1.82, 2.24) is 0 Å². The molecule has 0 amide bonds. The first-order chi connectivity index (χ1) is 23.3. The zero-order chi connectivity index (χ0) is 30.9. The Morgan fingerprint density at radius 1 is 0.298 bits per heavy atom. The minimum Gasteiger partial charge on any atom is -0.456 e. The zero-order valence-corrected chi connectivity index (χ0v) is 25.6. The lowest BCUT2D eigenvalue weighted by Crippen LogP contribution is -1.93. The second kappa shape index (κ2) is 10.2. The molecule has 47 heavy (non-hydrogen) atoms. The SMILES string of the molecule is c1ccc(-c2cc(-c3cc4cccc5oc6cccc3c6c45)ccc2-c2c3ccccc3c(-c3ccccc3)c3ccccc23)cc1. The molecule has 0 aliphatic carbocycles. The Balaban J connectivity index is 1.30. The van der Waals surface area contributed by atoms with E-state index in [9.17, 15) is 0 Å². The van der Waals surface area contributed by atoms with E-state index >= 15 is 0 Å². The highest BCUT2D eigenvalue weighted by Gasteiger charge is 2.21. The third-order valence-corrected chi connectivity index (χ3v) is 9.82. The summed E-state index contributed by atoms with van der Waals surface area (Å²) in [6.07, 6.45) is 0. The van der Waals surface area contributed by atoms with Crippen molar-refractivity contribution in [3.8, 4) is 44.5 Å². The summed E-state index contributed by atoms with van der Waals surface area (Å²) in [7, 11) is 0. The molecular weight excluding hydrogens is 569 g/mol. The molecular formula is C46H28O. The number of hydrogen-bond donors (Lipinski definition) is 0. The Bertz CT molecular complexity index is 2710. The van der Waals surface area contributed by atoms with Crippen LogP contribution in [0.2, 0.25) is 0 Å². The minimum atomic E-state index is 0.937. The quantitative estimate of drug-likeness (QED) is 0.145. The normalized spacial score (nSPS) is 11.8. The number of hydrogen-bond acceptors (Lipinski definition) is 1. The molecule has 0 spiro atoms. The summed E-state index contributed by atoms with van der Waals surface area (Å²) in [5.74, 6) is 0. The van der Waals surface area contributed by atoms with Gasteiger partial charge in [0, 0.05) is 10.8 Å². The van der Waals surface area contributed by atoms with Gasteiger partial charge < -0.3 is 4.42 Å². The van der Waals surface area contributed by atoms with E-state index in [2.05, 4.69) is 170 Å². The Morgan fingerprint density at radius 3 is 1.53 bits per heavy atom. The van der Waals surface area contributed by atoms with Gasteiger partial charge in [-0.05, 0) is 101 Å². The van der Waals surface area contributed by atoms with Gasteiger partial charge in [0.2, 0.25) is 0 Å². The molecule has 10 rings (SSSR count). The molecule has 0 saturated heterocycles. The molecule has 1 nitrogen and oxygen atoms in total. The number of furan rings is 1. The van der Waals surface area contributed by atoms with Crippen molar-refractivity contribution in [1.29, 1.82) is 0 Å². The molecule has 0 bridgehead atoms. The molecule has 0 saturated carbocycles. The summed E-state index contributed by atoms with van der Waals surface area (Å²) in [6, 6.07) is 61.6. The van der Waals surface area contributed by atoms with E-state index < -0.39 is 0 Å². The third kappa shape index (κ3) is 3.90. The van der Waals surface area contributed by atoms with E-state index in [1.54, 1.807) is 0 Å². The Kier molecular flexibility index (Phi) is 5.64. The van der Waals surface area contributed by atoms with Crippen molar-refractivity contribution in [2.45, 2.75) is 0 Å². The molecule has 9 aromatic carbocycles. The first-order valence-corrected chi connectivity index (χ1v) is 16.2. The molecule has 0 aliphatic rings. The molecule has 0 fully saturated rings. The van der Waals surface area contributed by atoms with Crippen LogP contribution in [-0.4, -0.2) is 0 Å². The molecule has 10 aromatic rings. The number of fused-ring (bicyclic) bond motifs is 2. The van der Waals surface area contributed by atoms with E-state index in [0.717, 1.165) is 11.2 Å². The molecule has 218 valence electrons. The molecule has 1 aromatic heterocycles. The van der Waals surface area contributed by atoms with Crippen LogP contribution in [-0.2, 0) is 0 Å². The van der Waals surface area contributed by atoms with Crippen LogP contribution >= 0.6 is 0 Å².